The van der Waals surface area contributed by atoms with Crippen molar-refractivity contribution in [2.45, 2.75) is 75.7 Å². The fraction of sp³-hybridized carbons (Fsp3) is 0.500. The van der Waals surface area contributed by atoms with Crippen LogP contribution in [-0.4, -0.2) is 52.2 Å². The summed E-state index contributed by atoms with van der Waals surface area (Å²) in [6, 6.07) is 9.53. The van der Waals surface area contributed by atoms with Crippen LogP contribution in [0, 0.1) is 5.95 Å². The van der Waals surface area contributed by atoms with Gasteiger partial charge in [0, 0.05) is 24.8 Å². The summed E-state index contributed by atoms with van der Waals surface area (Å²) in [6.45, 7) is 4.73. The van der Waals surface area contributed by atoms with Crippen LogP contribution in [-0.2, 0) is 9.53 Å². The number of rotatable bonds is 5. The van der Waals surface area contributed by atoms with E-state index >= 15 is 0 Å². The second-order valence-electron chi connectivity index (χ2n) is 10.4. The highest BCUT2D eigenvalue weighted by Gasteiger charge is 2.47. The zero-order valence-corrected chi connectivity index (χ0v) is 20.3. The average molecular weight is 508 g/mol. The van der Waals surface area contributed by atoms with E-state index in [9.17, 15) is 27.2 Å². The molecule has 3 atom stereocenters. The van der Waals surface area contributed by atoms with E-state index < -0.39 is 66.5 Å². The molecular weight excluding hydrogens is 478 g/mol. The summed E-state index contributed by atoms with van der Waals surface area (Å²) < 4.78 is 61.0. The predicted octanol–water partition coefficient (Wildman–Crippen LogP) is 5.29. The molecule has 2 aromatic rings. The summed E-state index contributed by atoms with van der Waals surface area (Å²) >= 11 is 0. The van der Waals surface area contributed by atoms with Crippen LogP contribution in [0.3, 0.4) is 0 Å². The monoisotopic (exact) mass is 507 g/mol. The van der Waals surface area contributed by atoms with E-state index in [4.69, 9.17) is 4.74 Å². The molecule has 1 saturated heterocycles. The minimum atomic E-state index is -2.80. The molecule has 2 amide bonds. The highest BCUT2D eigenvalue weighted by molar-refractivity contribution is 5.87. The zero-order chi connectivity index (χ0) is 26.3. The number of nitrogens with zero attached hydrogens (tertiary/aromatic N) is 2. The number of benzene rings is 1. The van der Waals surface area contributed by atoms with Crippen LogP contribution in [0.4, 0.5) is 22.4 Å². The van der Waals surface area contributed by atoms with Gasteiger partial charge in [-0.2, -0.15) is 4.39 Å². The number of carbonyl (C=O) groups is 2. The normalized spacial score (nSPS) is 22.6. The van der Waals surface area contributed by atoms with Gasteiger partial charge in [-0.3, -0.25) is 9.69 Å². The molecule has 1 saturated carbocycles. The molecule has 2 fully saturated rings. The maximum Gasteiger partial charge on any atom is 0.411 e. The van der Waals surface area contributed by atoms with Gasteiger partial charge >= 0.3 is 6.09 Å². The molecule has 0 bridgehead atoms. The van der Waals surface area contributed by atoms with Crippen molar-refractivity contribution >= 4 is 12.0 Å². The topological polar surface area (TPSA) is 71.5 Å². The van der Waals surface area contributed by atoms with Crippen LogP contribution in [0.5, 0.6) is 0 Å². The summed E-state index contributed by atoms with van der Waals surface area (Å²) in [7, 11) is 0. The van der Waals surface area contributed by atoms with Crippen molar-refractivity contribution in [3.8, 4) is 0 Å². The van der Waals surface area contributed by atoms with Gasteiger partial charge in [0.15, 0.2) is 0 Å². The second kappa shape index (κ2) is 9.71. The van der Waals surface area contributed by atoms with Crippen molar-refractivity contribution in [1.29, 1.82) is 0 Å². The molecule has 1 aromatic carbocycles. The molecular formula is C26H29F4N3O3. The standard InChI is InChI=1S/C26H29F4N3O3/c1-25(2,3)36-24(35)33-14-17(27)11-20(33)23(34)32-21(15-7-5-4-6-8-15)19-10-9-18(22(28)31-19)16-12-26(29,30)13-16/h4-10,16-17,20-21H,11-14H2,1-3H3,(H,32,34). The van der Waals surface area contributed by atoms with Crippen molar-refractivity contribution in [2.75, 3.05) is 6.54 Å². The summed E-state index contributed by atoms with van der Waals surface area (Å²) in [5.74, 6) is -4.93. The van der Waals surface area contributed by atoms with Crippen molar-refractivity contribution in [1.82, 2.24) is 15.2 Å². The molecule has 194 valence electrons. The Morgan fingerprint density at radius 1 is 1.14 bits per heavy atom. The maximum absolute atomic E-state index is 14.9. The first-order valence-corrected chi connectivity index (χ1v) is 11.9. The smallest absolute Gasteiger partial charge is 0.411 e. The first kappa shape index (κ1) is 25.9. The molecule has 1 N–H and O–H groups in total. The third-order valence-corrected chi connectivity index (χ3v) is 6.32. The number of amides is 2. The number of aromatic nitrogens is 1. The quantitative estimate of drug-likeness (QED) is 0.441. The van der Waals surface area contributed by atoms with Gasteiger partial charge in [-0.25, -0.2) is 22.9 Å². The third-order valence-electron chi connectivity index (χ3n) is 6.32. The lowest BCUT2D eigenvalue weighted by Gasteiger charge is -2.35. The summed E-state index contributed by atoms with van der Waals surface area (Å²) in [4.78, 5) is 30.9. The molecule has 4 rings (SSSR count). The SMILES string of the molecule is CC(C)(C)OC(=O)N1CC(F)CC1C(=O)NC(c1ccccc1)c1ccc(C2CC(F)(F)C2)c(F)n1. The molecule has 2 aliphatic rings. The van der Waals surface area contributed by atoms with Crippen LogP contribution in [0.25, 0.3) is 0 Å². The van der Waals surface area contributed by atoms with Crippen molar-refractivity contribution in [3.05, 3.63) is 65.2 Å². The van der Waals surface area contributed by atoms with Gasteiger partial charge in [0.2, 0.25) is 17.8 Å². The molecule has 36 heavy (non-hydrogen) atoms. The van der Waals surface area contributed by atoms with Crippen molar-refractivity contribution in [2.24, 2.45) is 0 Å². The number of carbonyl (C=O) groups excluding carboxylic acids is 2. The van der Waals surface area contributed by atoms with Gasteiger partial charge < -0.3 is 10.1 Å². The molecule has 1 aromatic heterocycles. The number of ether oxygens (including phenoxy) is 1. The number of pyridine rings is 1. The van der Waals surface area contributed by atoms with E-state index in [1.54, 1.807) is 51.1 Å². The molecule has 10 heteroatoms. The first-order chi connectivity index (χ1) is 16.8. The van der Waals surface area contributed by atoms with Crippen LogP contribution >= 0.6 is 0 Å². The maximum atomic E-state index is 14.9. The van der Waals surface area contributed by atoms with Crippen LogP contribution in [0.15, 0.2) is 42.5 Å². The Bertz CT molecular complexity index is 1120. The summed E-state index contributed by atoms with van der Waals surface area (Å²) in [5.41, 5.74) is 0.0157. The number of nitrogens with one attached hydrogen (secondary N) is 1. The van der Waals surface area contributed by atoms with E-state index in [0.717, 1.165) is 4.90 Å². The Balaban J connectivity index is 1.58. The van der Waals surface area contributed by atoms with E-state index in [0.29, 0.717) is 5.56 Å². The van der Waals surface area contributed by atoms with Crippen LogP contribution in [0.2, 0.25) is 0 Å². The molecule has 3 unspecified atom stereocenters. The zero-order valence-electron chi connectivity index (χ0n) is 20.3. The van der Waals surface area contributed by atoms with Gasteiger partial charge in [0.05, 0.1) is 18.3 Å². The van der Waals surface area contributed by atoms with Gasteiger partial charge in [0.25, 0.3) is 0 Å². The number of alkyl halides is 3. The van der Waals surface area contributed by atoms with E-state index in [-0.39, 0.29) is 24.2 Å². The Hall–Kier alpha value is -3.17. The van der Waals surface area contributed by atoms with Gasteiger partial charge in [-0.15, -0.1) is 0 Å². The molecule has 0 radical (unpaired) electrons. The van der Waals surface area contributed by atoms with E-state index in [1.807, 2.05) is 0 Å². The van der Waals surface area contributed by atoms with Gasteiger partial charge in [0.1, 0.15) is 17.8 Å². The predicted molar refractivity (Wildman–Crippen MR) is 124 cm³/mol. The lowest BCUT2D eigenvalue weighted by Crippen LogP contribution is -2.48. The molecule has 6 nitrogen and oxygen atoms in total. The Morgan fingerprint density at radius 2 is 1.81 bits per heavy atom. The first-order valence-electron chi connectivity index (χ1n) is 11.9. The minimum absolute atomic E-state index is 0.106. The molecule has 2 heterocycles. The molecule has 1 aliphatic heterocycles. The van der Waals surface area contributed by atoms with Crippen molar-refractivity contribution in [3.63, 3.8) is 0 Å². The number of halogens is 4. The number of hydrogen-bond donors (Lipinski definition) is 1. The largest absolute Gasteiger partial charge is 0.444 e. The highest BCUT2D eigenvalue weighted by atomic mass is 19.3. The molecule has 1 aliphatic carbocycles. The number of hydrogen-bond acceptors (Lipinski definition) is 4. The molecule has 0 spiro atoms. The lowest BCUT2D eigenvalue weighted by molar-refractivity contribution is -0.126. The Kier molecular flexibility index (Phi) is 6.99. The highest BCUT2D eigenvalue weighted by Crippen LogP contribution is 2.48. The number of likely N-dealkylation sites (tertiary alicyclic amines) is 1. The second-order valence-corrected chi connectivity index (χ2v) is 10.4. The van der Waals surface area contributed by atoms with Crippen LogP contribution in [0.1, 0.15) is 68.8 Å². The van der Waals surface area contributed by atoms with Gasteiger partial charge in [-0.05, 0) is 38.3 Å². The third kappa shape index (κ3) is 5.79. The average Bonchev–Trinajstić information content (AvgIpc) is 3.17. The minimum Gasteiger partial charge on any atom is -0.444 e. The Labute approximate surface area is 207 Å². The van der Waals surface area contributed by atoms with E-state index in [2.05, 4.69) is 10.3 Å². The summed E-state index contributed by atoms with van der Waals surface area (Å²) in [6.07, 6.45) is -3.28. The summed E-state index contributed by atoms with van der Waals surface area (Å²) in [5, 5.41) is 2.77. The lowest BCUT2D eigenvalue weighted by atomic mass is 9.77. The van der Waals surface area contributed by atoms with Crippen LogP contribution < -0.4 is 5.32 Å². The Morgan fingerprint density at radius 3 is 2.39 bits per heavy atom. The van der Waals surface area contributed by atoms with Crippen molar-refractivity contribution < 1.29 is 31.9 Å². The fourth-order valence-corrected chi connectivity index (χ4v) is 4.57. The van der Waals surface area contributed by atoms with E-state index in [1.165, 1.54) is 12.1 Å². The fourth-order valence-electron chi connectivity index (χ4n) is 4.57. The van der Waals surface area contributed by atoms with Gasteiger partial charge in [-0.1, -0.05) is 36.4 Å².